The van der Waals surface area contributed by atoms with E-state index in [9.17, 15) is 0 Å². The van der Waals surface area contributed by atoms with Crippen LogP contribution in [0.3, 0.4) is 0 Å². The van der Waals surface area contributed by atoms with Crippen LogP contribution in [0.2, 0.25) is 0 Å². The molecule has 1 radical (unpaired) electrons. The predicted molar refractivity (Wildman–Crippen MR) is 75.1 cm³/mol. The Morgan fingerprint density at radius 2 is 1.69 bits per heavy atom. The summed E-state index contributed by atoms with van der Waals surface area (Å²) in [6.07, 6.45) is 5.79. The average molecular weight is 422 g/mol. The van der Waals surface area contributed by atoms with E-state index in [1.165, 1.54) is 23.1 Å². The van der Waals surface area contributed by atoms with E-state index in [1.807, 2.05) is 0 Å². The number of hydrogen-bond acceptors (Lipinski definition) is 0. The third-order valence-corrected chi connectivity index (χ3v) is 2.32. The summed E-state index contributed by atoms with van der Waals surface area (Å²) in [4.78, 5) is 0. The minimum absolute atomic E-state index is 0.145. The molecule has 0 saturated carbocycles. The van der Waals surface area contributed by atoms with Crippen LogP contribution in [0.4, 0.5) is 0 Å². The maximum absolute atomic E-state index is 3.23. The Morgan fingerprint density at radius 3 is 2.19 bits per heavy atom. The van der Waals surface area contributed by atoms with Crippen LogP contribution in [0.5, 0.6) is 0 Å². The quantitative estimate of drug-likeness (QED) is 0.601. The summed E-state index contributed by atoms with van der Waals surface area (Å²) in [6.45, 7) is 4.52. The molecule has 1 aromatic rings. The SMILES string of the molecule is CC(C)CC1=Cc2ccccc2[CH]1.[Br][Zr][Br]. The van der Waals surface area contributed by atoms with E-state index in [-0.39, 0.29) is 18.5 Å². The maximum atomic E-state index is 3.23. The van der Waals surface area contributed by atoms with Gasteiger partial charge in [0.1, 0.15) is 0 Å². The van der Waals surface area contributed by atoms with Gasteiger partial charge < -0.3 is 0 Å². The van der Waals surface area contributed by atoms with Crippen LogP contribution in [0.15, 0.2) is 29.8 Å². The summed E-state index contributed by atoms with van der Waals surface area (Å²) >= 11 is 6.32. The van der Waals surface area contributed by atoms with E-state index in [4.69, 9.17) is 0 Å². The van der Waals surface area contributed by atoms with Crippen molar-refractivity contribution in [2.75, 3.05) is 0 Å². The van der Waals surface area contributed by atoms with Gasteiger partial charge in [0.2, 0.25) is 0 Å². The van der Waals surface area contributed by atoms with E-state index in [0.29, 0.717) is 0 Å². The molecular weight excluding hydrogens is 407 g/mol. The zero-order valence-electron chi connectivity index (χ0n) is 9.50. The van der Waals surface area contributed by atoms with Gasteiger partial charge >= 0.3 is 43.0 Å². The second-order valence-electron chi connectivity index (χ2n) is 4.16. The third kappa shape index (κ3) is 4.98. The fourth-order valence-electron chi connectivity index (χ4n) is 1.80. The second kappa shape index (κ2) is 8.00. The summed E-state index contributed by atoms with van der Waals surface area (Å²) in [5.41, 5.74) is 4.22. The molecule has 1 aliphatic rings. The van der Waals surface area contributed by atoms with Crippen molar-refractivity contribution >= 4 is 30.5 Å². The monoisotopic (exact) mass is 419 g/mol. The third-order valence-electron chi connectivity index (χ3n) is 2.32. The summed E-state index contributed by atoms with van der Waals surface area (Å²) in [5.74, 6) is 0.747. The molecule has 0 aliphatic heterocycles. The first kappa shape index (κ1) is 14.9. The molecule has 0 bridgehead atoms. The first-order chi connectivity index (χ1) is 7.67. The van der Waals surface area contributed by atoms with Crippen LogP contribution in [-0.4, -0.2) is 0 Å². The van der Waals surface area contributed by atoms with E-state index in [2.05, 4.69) is 75.0 Å². The van der Waals surface area contributed by atoms with Crippen molar-refractivity contribution in [2.45, 2.75) is 20.3 Å². The van der Waals surface area contributed by atoms with Crippen LogP contribution in [-0.2, 0) is 18.5 Å². The molecule has 0 fully saturated rings. The first-order valence-electron chi connectivity index (χ1n) is 5.28. The number of allylic oxidation sites excluding steroid dienone is 1. The van der Waals surface area contributed by atoms with Crippen molar-refractivity contribution in [3.05, 3.63) is 47.4 Å². The standard InChI is InChI=1S/C13H15.2BrH.Zr/c1-10(2)7-11-8-12-5-3-4-6-13(12)9-11;;;/h3-6,8-10H,7H2,1-2H3;2*1H;/q;;;+2/p-2. The molecule has 0 saturated heterocycles. The Labute approximate surface area is 121 Å². The Bertz CT molecular complexity index is 359. The molecule has 0 N–H and O–H groups in total. The van der Waals surface area contributed by atoms with Gasteiger partial charge in [0.05, 0.1) is 0 Å². The summed E-state index contributed by atoms with van der Waals surface area (Å²) in [5, 5.41) is 0. The van der Waals surface area contributed by atoms with Crippen LogP contribution in [0, 0.1) is 12.3 Å². The van der Waals surface area contributed by atoms with Gasteiger partial charge in [-0.2, -0.15) is 0 Å². The van der Waals surface area contributed by atoms with Crippen molar-refractivity contribution in [3.63, 3.8) is 0 Å². The number of benzene rings is 1. The molecule has 1 aliphatic carbocycles. The molecule has 0 heterocycles. The molecule has 85 valence electrons. The molecule has 0 unspecified atom stereocenters. The van der Waals surface area contributed by atoms with Gasteiger partial charge in [0.25, 0.3) is 0 Å². The van der Waals surface area contributed by atoms with Gasteiger partial charge in [-0.05, 0) is 23.5 Å². The van der Waals surface area contributed by atoms with Crippen molar-refractivity contribution in [3.8, 4) is 0 Å². The molecule has 0 aromatic heterocycles. The van der Waals surface area contributed by atoms with Crippen molar-refractivity contribution in [1.29, 1.82) is 0 Å². The van der Waals surface area contributed by atoms with Gasteiger partial charge in [-0.15, -0.1) is 0 Å². The van der Waals surface area contributed by atoms with Gasteiger partial charge in [-0.3, -0.25) is 0 Å². The molecule has 0 spiro atoms. The van der Waals surface area contributed by atoms with Crippen LogP contribution < -0.4 is 0 Å². The molecule has 16 heavy (non-hydrogen) atoms. The number of hydrogen-bond donors (Lipinski definition) is 0. The molecule has 3 heteroatoms. The summed E-state index contributed by atoms with van der Waals surface area (Å²) in [6, 6.07) is 8.56. The fourth-order valence-corrected chi connectivity index (χ4v) is 1.80. The topological polar surface area (TPSA) is 0 Å². The Balaban J connectivity index is 0.000000386. The predicted octanol–water partition coefficient (Wildman–Crippen LogP) is 5.37. The van der Waals surface area contributed by atoms with Crippen LogP contribution in [0.25, 0.3) is 6.08 Å². The Kier molecular flexibility index (Phi) is 7.43. The Hall–Kier alpha value is 0.803. The van der Waals surface area contributed by atoms with E-state index in [1.54, 1.807) is 0 Å². The zero-order valence-corrected chi connectivity index (χ0v) is 15.1. The van der Waals surface area contributed by atoms with Crippen LogP contribution >= 0.6 is 24.4 Å². The number of halogens is 2. The van der Waals surface area contributed by atoms with Crippen LogP contribution in [0.1, 0.15) is 31.4 Å². The first-order valence-corrected chi connectivity index (χ1v) is 16.5. The van der Waals surface area contributed by atoms with Crippen molar-refractivity contribution in [2.24, 2.45) is 5.92 Å². The van der Waals surface area contributed by atoms with Gasteiger partial charge in [-0.25, -0.2) is 0 Å². The Morgan fingerprint density at radius 1 is 1.12 bits per heavy atom. The minimum atomic E-state index is -0.145. The van der Waals surface area contributed by atoms with E-state index >= 15 is 0 Å². The number of rotatable bonds is 2. The molecule has 2 rings (SSSR count). The molecule has 0 amide bonds. The van der Waals surface area contributed by atoms with Gasteiger partial charge in [-0.1, -0.05) is 49.8 Å². The number of fused-ring (bicyclic) bond motifs is 1. The van der Waals surface area contributed by atoms with Gasteiger partial charge in [0.15, 0.2) is 0 Å². The second-order valence-corrected chi connectivity index (χ2v) is 15.5. The molecule has 0 atom stereocenters. The van der Waals surface area contributed by atoms with Gasteiger partial charge in [0, 0.05) is 6.42 Å². The van der Waals surface area contributed by atoms with E-state index in [0.717, 1.165) is 5.92 Å². The summed E-state index contributed by atoms with van der Waals surface area (Å²) in [7, 11) is 0. The molecular formula is C13H15Br2Zr. The van der Waals surface area contributed by atoms with Crippen molar-refractivity contribution < 1.29 is 18.5 Å². The zero-order chi connectivity index (χ0) is 12.0. The fraction of sp³-hybridized carbons (Fsp3) is 0.308. The van der Waals surface area contributed by atoms with E-state index < -0.39 is 0 Å². The van der Waals surface area contributed by atoms with Crippen molar-refractivity contribution in [1.82, 2.24) is 0 Å². The normalized spacial score (nSPS) is 12.7. The average Bonchev–Trinajstić information content (AvgIpc) is 2.59. The molecule has 1 aromatic carbocycles. The molecule has 0 nitrogen and oxygen atoms in total. The summed E-state index contributed by atoms with van der Waals surface area (Å²) < 4.78 is 0.